The fourth-order valence-electron chi connectivity index (χ4n) is 2.17. The summed E-state index contributed by atoms with van der Waals surface area (Å²) in [4.78, 5) is 23.2. The summed E-state index contributed by atoms with van der Waals surface area (Å²) in [6.45, 7) is 3.13. The number of anilines is 1. The van der Waals surface area contributed by atoms with E-state index in [1.807, 2.05) is 19.1 Å². The zero-order chi connectivity index (χ0) is 17.5. The quantitative estimate of drug-likeness (QED) is 0.840. The molecule has 0 radical (unpaired) electrons. The van der Waals surface area contributed by atoms with Crippen LogP contribution in [-0.2, 0) is 9.59 Å². The highest BCUT2D eigenvalue weighted by Crippen LogP contribution is 2.23. The van der Waals surface area contributed by atoms with Gasteiger partial charge >= 0.3 is 0 Å². The molecule has 0 aliphatic heterocycles. The van der Waals surface area contributed by atoms with Crippen LogP contribution in [0.4, 0.5) is 5.69 Å². The smallest absolute Gasteiger partial charge is 0.258 e. The number of carbonyl (C=O) groups excluding carboxylic acids is 2. The van der Waals surface area contributed by atoms with Gasteiger partial charge < -0.3 is 15.4 Å². The monoisotopic (exact) mass is 346 g/mol. The predicted molar refractivity (Wildman–Crippen MR) is 94.3 cm³/mol. The van der Waals surface area contributed by atoms with E-state index in [0.29, 0.717) is 16.5 Å². The molecule has 0 aliphatic rings. The molecule has 0 unspecified atom stereocenters. The van der Waals surface area contributed by atoms with Crippen LogP contribution >= 0.6 is 11.6 Å². The van der Waals surface area contributed by atoms with Gasteiger partial charge in [-0.15, -0.1) is 0 Å². The molecule has 2 aromatic rings. The highest BCUT2D eigenvalue weighted by Gasteiger charge is 2.12. The Morgan fingerprint density at radius 2 is 1.92 bits per heavy atom. The molecule has 0 heterocycles. The topological polar surface area (TPSA) is 67.4 Å². The third-order valence-electron chi connectivity index (χ3n) is 3.28. The SMILES string of the molecule is CC(=O)Nc1ccccc1OCC(=O)N[C@@H](C)c1cccc(Cl)c1. The maximum absolute atomic E-state index is 12.1. The number of amides is 2. The molecule has 0 fully saturated rings. The van der Waals surface area contributed by atoms with Crippen molar-refractivity contribution in [3.63, 3.8) is 0 Å². The van der Waals surface area contributed by atoms with Gasteiger partial charge in [0.25, 0.3) is 5.91 Å². The Balaban J connectivity index is 1.93. The maximum Gasteiger partial charge on any atom is 0.258 e. The van der Waals surface area contributed by atoms with E-state index < -0.39 is 0 Å². The Kier molecular flexibility index (Phi) is 6.21. The van der Waals surface area contributed by atoms with Crippen molar-refractivity contribution in [3.05, 3.63) is 59.1 Å². The average Bonchev–Trinajstić information content (AvgIpc) is 2.53. The lowest BCUT2D eigenvalue weighted by atomic mass is 10.1. The summed E-state index contributed by atoms with van der Waals surface area (Å²) in [5, 5.41) is 6.12. The van der Waals surface area contributed by atoms with E-state index >= 15 is 0 Å². The fourth-order valence-corrected chi connectivity index (χ4v) is 2.37. The molecule has 0 spiro atoms. The van der Waals surface area contributed by atoms with Gasteiger partial charge in [0, 0.05) is 11.9 Å². The van der Waals surface area contributed by atoms with Crippen LogP contribution in [0.25, 0.3) is 0 Å². The van der Waals surface area contributed by atoms with Crippen LogP contribution in [0, 0.1) is 0 Å². The van der Waals surface area contributed by atoms with Crippen LogP contribution in [0.15, 0.2) is 48.5 Å². The first-order chi connectivity index (χ1) is 11.5. The predicted octanol–water partition coefficient (Wildman–Crippen LogP) is 3.55. The van der Waals surface area contributed by atoms with Gasteiger partial charge in [0.1, 0.15) is 5.75 Å². The van der Waals surface area contributed by atoms with E-state index in [0.717, 1.165) is 5.56 Å². The molecule has 0 saturated carbocycles. The fraction of sp³-hybridized carbons (Fsp3) is 0.222. The Morgan fingerprint density at radius 1 is 1.17 bits per heavy atom. The largest absolute Gasteiger partial charge is 0.482 e. The molecule has 5 nitrogen and oxygen atoms in total. The van der Waals surface area contributed by atoms with E-state index in [9.17, 15) is 9.59 Å². The van der Waals surface area contributed by atoms with Gasteiger partial charge in [-0.05, 0) is 36.8 Å². The third kappa shape index (κ3) is 5.28. The zero-order valence-electron chi connectivity index (χ0n) is 13.5. The number of benzene rings is 2. The van der Waals surface area contributed by atoms with Crippen molar-refractivity contribution < 1.29 is 14.3 Å². The molecule has 2 N–H and O–H groups in total. The summed E-state index contributed by atoms with van der Waals surface area (Å²) in [6, 6.07) is 14.1. The van der Waals surface area contributed by atoms with Crippen molar-refractivity contribution >= 4 is 29.1 Å². The molecule has 2 amide bonds. The van der Waals surface area contributed by atoms with E-state index in [4.69, 9.17) is 16.3 Å². The van der Waals surface area contributed by atoms with Gasteiger partial charge in [0.15, 0.2) is 6.61 Å². The molecule has 1 atom stereocenters. The molecule has 2 aromatic carbocycles. The van der Waals surface area contributed by atoms with Gasteiger partial charge in [-0.25, -0.2) is 0 Å². The Labute approximate surface area is 146 Å². The second-order valence-electron chi connectivity index (χ2n) is 5.31. The number of nitrogens with one attached hydrogen (secondary N) is 2. The number of ether oxygens (including phenoxy) is 1. The van der Waals surface area contributed by atoms with Crippen LogP contribution in [0.3, 0.4) is 0 Å². The lowest BCUT2D eigenvalue weighted by molar-refractivity contribution is -0.123. The second-order valence-corrected chi connectivity index (χ2v) is 5.75. The van der Waals surface area contributed by atoms with Gasteiger partial charge in [-0.2, -0.15) is 0 Å². The molecule has 0 bridgehead atoms. The number of rotatable bonds is 6. The summed E-state index contributed by atoms with van der Waals surface area (Å²) >= 11 is 5.95. The van der Waals surface area contributed by atoms with Gasteiger partial charge in [0.2, 0.25) is 5.91 Å². The lowest BCUT2D eigenvalue weighted by Gasteiger charge is -2.16. The van der Waals surface area contributed by atoms with Gasteiger partial charge in [0.05, 0.1) is 11.7 Å². The number of hydrogen-bond acceptors (Lipinski definition) is 3. The van der Waals surface area contributed by atoms with Crippen molar-refractivity contribution in [2.75, 3.05) is 11.9 Å². The molecule has 0 aromatic heterocycles. The highest BCUT2D eigenvalue weighted by atomic mass is 35.5. The summed E-state index contributed by atoms with van der Waals surface area (Å²) in [7, 11) is 0. The van der Waals surface area contributed by atoms with Crippen LogP contribution in [0.2, 0.25) is 5.02 Å². The van der Waals surface area contributed by atoms with Crippen LogP contribution < -0.4 is 15.4 Å². The lowest BCUT2D eigenvalue weighted by Crippen LogP contribution is -2.31. The summed E-state index contributed by atoms with van der Waals surface area (Å²) < 4.78 is 5.51. The summed E-state index contributed by atoms with van der Waals surface area (Å²) in [6.07, 6.45) is 0. The minimum absolute atomic E-state index is 0.151. The molecular weight excluding hydrogens is 328 g/mol. The van der Waals surface area contributed by atoms with Gasteiger partial charge in [-0.3, -0.25) is 9.59 Å². The van der Waals surface area contributed by atoms with E-state index in [1.54, 1.807) is 36.4 Å². The van der Waals surface area contributed by atoms with Gasteiger partial charge in [-0.1, -0.05) is 35.9 Å². The molecule has 24 heavy (non-hydrogen) atoms. The number of halogens is 1. The maximum atomic E-state index is 12.1. The van der Waals surface area contributed by atoms with E-state index in [1.165, 1.54) is 6.92 Å². The first-order valence-corrected chi connectivity index (χ1v) is 7.87. The number of hydrogen-bond donors (Lipinski definition) is 2. The first kappa shape index (κ1) is 17.8. The van der Waals surface area contributed by atoms with E-state index in [2.05, 4.69) is 10.6 Å². The Hall–Kier alpha value is -2.53. The van der Waals surface area contributed by atoms with Crippen LogP contribution in [0.1, 0.15) is 25.5 Å². The van der Waals surface area contributed by atoms with Crippen molar-refractivity contribution in [1.29, 1.82) is 0 Å². The summed E-state index contributed by atoms with van der Waals surface area (Å²) in [5.74, 6) is -0.0246. The first-order valence-electron chi connectivity index (χ1n) is 7.50. The zero-order valence-corrected chi connectivity index (χ0v) is 14.3. The van der Waals surface area contributed by atoms with Crippen LogP contribution in [0.5, 0.6) is 5.75 Å². The summed E-state index contributed by atoms with van der Waals surface area (Å²) in [5.41, 5.74) is 1.44. The molecule has 126 valence electrons. The Bertz CT molecular complexity index is 734. The molecule has 2 rings (SSSR count). The molecule has 6 heteroatoms. The second kappa shape index (κ2) is 8.36. The van der Waals surface area contributed by atoms with Crippen LogP contribution in [-0.4, -0.2) is 18.4 Å². The third-order valence-corrected chi connectivity index (χ3v) is 3.52. The van der Waals surface area contributed by atoms with Crippen molar-refractivity contribution in [2.24, 2.45) is 0 Å². The minimum Gasteiger partial charge on any atom is -0.482 e. The standard InChI is InChI=1S/C18H19ClN2O3/c1-12(14-6-5-7-15(19)10-14)20-18(23)11-24-17-9-4-3-8-16(17)21-13(2)22/h3-10,12H,11H2,1-2H3,(H,20,23)(H,21,22)/t12-/m0/s1. The number of carbonyl (C=O) groups is 2. The highest BCUT2D eigenvalue weighted by molar-refractivity contribution is 6.30. The van der Waals surface area contributed by atoms with E-state index in [-0.39, 0.29) is 24.5 Å². The van der Waals surface area contributed by atoms with Crippen molar-refractivity contribution in [2.45, 2.75) is 19.9 Å². The average molecular weight is 347 g/mol. The van der Waals surface area contributed by atoms with Crippen molar-refractivity contribution in [3.8, 4) is 5.75 Å². The molecule has 0 saturated heterocycles. The molecule has 0 aliphatic carbocycles. The Morgan fingerprint density at radius 3 is 2.62 bits per heavy atom. The number of para-hydroxylation sites is 2. The minimum atomic E-state index is -0.264. The normalized spacial score (nSPS) is 11.5. The van der Waals surface area contributed by atoms with Crippen molar-refractivity contribution in [1.82, 2.24) is 5.32 Å². The molecular formula is C18H19ClN2O3.